The lowest BCUT2D eigenvalue weighted by Crippen LogP contribution is -2.32. The number of rotatable bonds is 3. The molecule has 1 amide bonds. The summed E-state index contributed by atoms with van der Waals surface area (Å²) in [7, 11) is 1.61. The SMILES string of the molecule is COc1cccc(C(=O)N2CCSC(c3ccccc3Cl)CC2)c1. The molecule has 0 bridgehead atoms. The second-order valence-corrected chi connectivity index (χ2v) is 7.41. The van der Waals surface area contributed by atoms with Crippen LogP contribution in [0.1, 0.15) is 27.6 Å². The van der Waals surface area contributed by atoms with E-state index in [1.54, 1.807) is 13.2 Å². The smallest absolute Gasteiger partial charge is 0.254 e. The number of hydrogen-bond donors (Lipinski definition) is 0. The third-order valence-electron chi connectivity index (χ3n) is 4.20. The molecule has 1 aliphatic heterocycles. The van der Waals surface area contributed by atoms with Crippen LogP contribution in [-0.4, -0.2) is 36.8 Å². The minimum Gasteiger partial charge on any atom is -0.497 e. The zero-order valence-electron chi connectivity index (χ0n) is 13.6. The van der Waals surface area contributed by atoms with Gasteiger partial charge in [0.05, 0.1) is 7.11 Å². The van der Waals surface area contributed by atoms with Crippen molar-refractivity contribution in [3.8, 4) is 5.75 Å². The van der Waals surface area contributed by atoms with E-state index in [1.165, 1.54) is 5.56 Å². The molecule has 1 unspecified atom stereocenters. The monoisotopic (exact) mass is 361 g/mol. The number of thioether (sulfide) groups is 1. The Labute approximate surface area is 151 Å². The molecule has 3 nitrogen and oxygen atoms in total. The molecule has 2 aromatic carbocycles. The highest BCUT2D eigenvalue weighted by molar-refractivity contribution is 7.99. The topological polar surface area (TPSA) is 29.5 Å². The van der Waals surface area contributed by atoms with Gasteiger partial charge in [-0.15, -0.1) is 0 Å². The van der Waals surface area contributed by atoms with Crippen molar-refractivity contribution in [2.75, 3.05) is 26.0 Å². The van der Waals surface area contributed by atoms with Gasteiger partial charge < -0.3 is 9.64 Å². The van der Waals surface area contributed by atoms with Gasteiger partial charge in [0.25, 0.3) is 5.91 Å². The second kappa shape index (κ2) is 7.95. The Balaban J connectivity index is 1.71. The molecule has 2 aromatic rings. The second-order valence-electron chi connectivity index (χ2n) is 5.69. The van der Waals surface area contributed by atoms with Crippen molar-refractivity contribution in [1.82, 2.24) is 4.90 Å². The zero-order valence-corrected chi connectivity index (χ0v) is 15.1. The highest BCUT2D eigenvalue weighted by atomic mass is 35.5. The first-order valence-corrected chi connectivity index (χ1v) is 9.41. The summed E-state index contributed by atoms with van der Waals surface area (Å²) in [5, 5.41) is 1.14. The number of ether oxygens (including phenoxy) is 1. The van der Waals surface area contributed by atoms with Crippen LogP contribution in [0.15, 0.2) is 48.5 Å². The average molecular weight is 362 g/mol. The van der Waals surface area contributed by atoms with E-state index in [4.69, 9.17) is 16.3 Å². The first-order valence-electron chi connectivity index (χ1n) is 7.98. The lowest BCUT2D eigenvalue weighted by molar-refractivity contribution is 0.0766. The van der Waals surface area contributed by atoms with Crippen LogP contribution >= 0.6 is 23.4 Å². The zero-order chi connectivity index (χ0) is 16.9. The van der Waals surface area contributed by atoms with Gasteiger partial charge in [-0.25, -0.2) is 0 Å². The summed E-state index contributed by atoms with van der Waals surface area (Å²) in [6.45, 7) is 1.49. The Hall–Kier alpha value is -1.65. The minimum atomic E-state index is 0.0642. The molecular formula is C19H20ClNO2S. The van der Waals surface area contributed by atoms with Crippen molar-refractivity contribution >= 4 is 29.3 Å². The molecule has 1 atom stereocenters. The van der Waals surface area contributed by atoms with Crippen LogP contribution < -0.4 is 4.74 Å². The Bertz CT molecular complexity index is 722. The van der Waals surface area contributed by atoms with Gasteiger partial charge in [-0.05, 0) is 36.2 Å². The van der Waals surface area contributed by atoms with Crippen LogP contribution in [-0.2, 0) is 0 Å². The highest BCUT2D eigenvalue weighted by Gasteiger charge is 2.24. The van der Waals surface area contributed by atoms with E-state index in [0.717, 1.165) is 30.3 Å². The molecule has 5 heteroatoms. The molecule has 0 N–H and O–H groups in total. The van der Waals surface area contributed by atoms with Crippen molar-refractivity contribution in [3.63, 3.8) is 0 Å². The number of carbonyl (C=O) groups excluding carboxylic acids is 1. The van der Waals surface area contributed by atoms with E-state index in [9.17, 15) is 4.79 Å². The number of carbonyl (C=O) groups is 1. The highest BCUT2D eigenvalue weighted by Crippen LogP contribution is 2.38. The molecule has 0 radical (unpaired) electrons. The number of halogens is 1. The largest absolute Gasteiger partial charge is 0.497 e. The van der Waals surface area contributed by atoms with Gasteiger partial charge in [0.15, 0.2) is 0 Å². The molecule has 1 aliphatic rings. The van der Waals surface area contributed by atoms with Gasteiger partial charge in [0, 0.05) is 34.7 Å². The standard InChI is InChI=1S/C19H20ClNO2S/c1-23-15-6-4-5-14(13-15)19(22)21-10-9-18(24-12-11-21)16-7-2-3-8-17(16)20/h2-8,13,18H,9-12H2,1H3. The molecule has 1 saturated heterocycles. The Morgan fingerprint density at radius 3 is 2.83 bits per heavy atom. The summed E-state index contributed by atoms with van der Waals surface area (Å²) in [6, 6.07) is 15.3. The minimum absolute atomic E-state index is 0.0642. The first-order chi connectivity index (χ1) is 11.7. The molecule has 1 fully saturated rings. The number of nitrogens with zero attached hydrogens (tertiary/aromatic N) is 1. The van der Waals surface area contributed by atoms with Crippen molar-refractivity contribution in [2.24, 2.45) is 0 Å². The number of methoxy groups -OCH3 is 1. The third kappa shape index (κ3) is 3.87. The summed E-state index contributed by atoms with van der Waals surface area (Å²) >= 11 is 8.20. The van der Waals surface area contributed by atoms with Gasteiger partial charge >= 0.3 is 0 Å². The van der Waals surface area contributed by atoms with Crippen molar-refractivity contribution < 1.29 is 9.53 Å². The first kappa shape index (κ1) is 17.2. The summed E-state index contributed by atoms with van der Waals surface area (Å²) in [6.07, 6.45) is 0.907. The van der Waals surface area contributed by atoms with Crippen LogP contribution in [0.5, 0.6) is 5.75 Å². The number of hydrogen-bond acceptors (Lipinski definition) is 3. The van der Waals surface area contributed by atoms with Crippen LogP contribution in [0.2, 0.25) is 5.02 Å². The fourth-order valence-electron chi connectivity index (χ4n) is 2.90. The fourth-order valence-corrected chi connectivity index (χ4v) is 4.50. The third-order valence-corrected chi connectivity index (χ3v) is 5.85. The van der Waals surface area contributed by atoms with Gasteiger partial charge in [-0.3, -0.25) is 4.79 Å². The van der Waals surface area contributed by atoms with Gasteiger partial charge in [-0.2, -0.15) is 11.8 Å². The summed E-state index contributed by atoms with van der Waals surface area (Å²) in [4.78, 5) is 14.7. The lowest BCUT2D eigenvalue weighted by atomic mass is 10.1. The maximum atomic E-state index is 12.8. The molecule has 0 spiro atoms. The van der Waals surface area contributed by atoms with E-state index >= 15 is 0 Å². The molecule has 24 heavy (non-hydrogen) atoms. The summed E-state index contributed by atoms with van der Waals surface area (Å²) in [5.74, 6) is 1.68. The van der Waals surface area contributed by atoms with Crippen LogP contribution in [0, 0.1) is 0 Å². The summed E-state index contributed by atoms with van der Waals surface area (Å²) in [5.41, 5.74) is 1.84. The van der Waals surface area contributed by atoms with E-state index in [-0.39, 0.29) is 5.91 Å². The average Bonchev–Trinajstić information content (AvgIpc) is 2.87. The maximum absolute atomic E-state index is 12.8. The molecule has 1 heterocycles. The predicted molar refractivity (Wildman–Crippen MR) is 100 cm³/mol. The van der Waals surface area contributed by atoms with E-state index in [1.807, 2.05) is 53.1 Å². The van der Waals surface area contributed by atoms with Crippen LogP contribution in [0.25, 0.3) is 0 Å². The summed E-state index contributed by atoms with van der Waals surface area (Å²) < 4.78 is 5.22. The van der Waals surface area contributed by atoms with Gasteiger partial charge in [-0.1, -0.05) is 35.9 Å². The van der Waals surface area contributed by atoms with Crippen LogP contribution in [0.4, 0.5) is 0 Å². The Morgan fingerprint density at radius 1 is 1.21 bits per heavy atom. The van der Waals surface area contributed by atoms with Gasteiger partial charge in [0.2, 0.25) is 0 Å². The molecule has 0 saturated carbocycles. The van der Waals surface area contributed by atoms with Crippen molar-refractivity contribution in [1.29, 1.82) is 0 Å². The molecule has 0 aromatic heterocycles. The molecule has 126 valence electrons. The van der Waals surface area contributed by atoms with E-state index in [2.05, 4.69) is 6.07 Å². The van der Waals surface area contributed by atoms with E-state index < -0.39 is 0 Å². The predicted octanol–water partition coefficient (Wildman–Crippen LogP) is 4.67. The van der Waals surface area contributed by atoms with Crippen LogP contribution in [0.3, 0.4) is 0 Å². The normalized spacial score (nSPS) is 18.1. The number of amides is 1. The van der Waals surface area contributed by atoms with Gasteiger partial charge in [0.1, 0.15) is 5.75 Å². The lowest BCUT2D eigenvalue weighted by Gasteiger charge is -2.21. The number of benzene rings is 2. The molecule has 0 aliphatic carbocycles. The van der Waals surface area contributed by atoms with Crippen molar-refractivity contribution in [2.45, 2.75) is 11.7 Å². The fraction of sp³-hybridized carbons (Fsp3) is 0.316. The maximum Gasteiger partial charge on any atom is 0.254 e. The Kier molecular flexibility index (Phi) is 5.69. The van der Waals surface area contributed by atoms with E-state index in [0.29, 0.717) is 16.6 Å². The van der Waals surface area contributed by atoms with Crippen molar-refractivity contribution in [3.05, 3.63) is 64.7 Å². The molecular weight excluding hydrogens is 342 g/mol. The quantitative estimate of drug-likeness (QED) is 0.795. The molecule has 3 rings (SSSR count). The Morgan fingerprint density at radius 2 is 2.04 bits per heavy atom.